The molecule has 1 aliphatic rings. The Balaban J connectivity index is 1.63. The predicted molar refractivity (Wildman–Crippen MR) is 94.2 cm³/mol. The average molecular weight is 341 g/mol. The highest BCUT2D eigenvalue weighted by atomic mass is 16.5. The number of ether oxygens (including phenoxy) is 2. The SMILES string of the molecule is COc1cccc([C@H]2C[C@H](O)CN2C(=O)COCc2ccccc2)c1. The molecular weight excluding hydrogens is 318 g/mol. The molecule has 1 aliphatic heterocycles. The lowest BCUT2D eigenvalue weighted by Gasteiger charge is -2.25. The van der Waals surface area contributed by atoms with Crippen molar-refractivity contribution >= 4 is 5.91 Å². The van der Waals surface area contributed by atoms with Crippen molar-refractivity contribution in [3.05, 3.63) is 65.7 Å². The standard InChI is InChI=1S/C20H23NO4/c1-24-18-9-5-8-16(10-18)19-11-17(22)12-21(19)20(23)14-25-13-15-6-3-2-4-7-15/h2-10,17,19,22H,11-14H2,1H3/t17-,19+/m0/s1. The van der Waals surface area contributed by atoms with E-state index in [1.165, 1.54) is 0 Å². The number of carbonyl (C=O) groups is 1. The van der Waals surface area contributed by atoms with Crippen LogP contribution >= 0.6 is 0 Å². The fraction of sp³-hybridized carbons (Fsp3) is 0.350. The van der Waals surface area contributed by atoms with Crippen molar-refractivity contribution in [1.29, 1.82) is 0 Å². The zero-order chi connectivity index (χ0) is 17.6. The largest absolute Gasteiger partial charge is 0.497 e. The zero-order valence-electron chi connectivity index (χ0n) is 14.3. The number of likely N-dealkylation sites (tertiary alicyclic amines) is 1. The maximum Gasteiger partial charge on any atom is 0.249 e. The molecule has 0 bridgehead atoms. The summed E-state index contributed by atoms with van der Waals surface area (Å²) in [5, 5.41) is 10.0. The minimum Gasteiger partial charge on any atom is -0.497 e. The first-order valence-corrected chi connectivity index (χ1v) is 8.40. The predicted octanol–water partition coefficient (Wildman–Crippen LogP) is 2.55. The molecule has 25 heavy (non-hydrogen) atoms. The van der Waals surface area contributed by atoms with Gasteiger partial charge in [0, 0.05) is 6.54 Å². The van der Waals surface area contributed by atoms with Gasteiger partial charge in [0.15, 0.2) is 0 Å². The Labute approximate surface area is 147 Å². The van der Waals surface area contributed by atoms with Gasteiger partial charge in [-0.15, -0.1) is 0 Å². The molecule has 5 heteroatoms. The van der Waals surface area contributed by atoms with E-state index in [0.717, 1.165) is 16.9 Å². The Morgan fingerprint density at radius 1 is 1.20 bits per heavy atom. The number of rotatable bonds is 6. The highest BCUT2D eigenvalue weighted by Crippen LogP contribution is 2.33. The molecule has 2 atom stereocenters. The Morgan fingerprint density at radius 2 is 2.00 bits per heavy atom. The van der Waals surface area contributed by atoms with Gasteiger partial charge < -0.3 is 19.5 Å². The van der Waals surface area contributed by atoms with Gasteiger partial charge in [0.1, 0.15) is 12.4 Å². The van der Waals surface area contributed by atoms with E-state index in [2.05, 4.69) is 0 Å². The van der Waals surface area contributed by atoms with Crippen LogP contribution in [0.4, 0.5) is 0 Å². The maximum absolute atomic E-state index is 12.6. The maximum atomic E-state index is 12.6. The van der Waals surface area contributed by atoms with Crippen molar-refractivity contribution in [1.82, 2.24) is 4.90 Å². The van der Waals surface area contributed by atoms with E-state index >= 15 is 0 Å². The van der Waals surface area contributed by atoms with Gasteiger partial charge in [-0.3, -0.25) is 4.79 Å². The molecule has 2 aromatic carbocycles. The van der Waals surface area contributed by atoms with Crippen LogP contribution in [0.2, 0.25) is 0 Å². The third-order valence-electron chi connectivity index (χ3n) is 4.42. The number of aliphatic hydroxyl groups is 1. The Kier molecular flexibility index (Phi) is 5.68. The molecule has 0 spiro atoms. The number of nitrogens with zero attached hydrogens (tertiary/aromatic N) is 1. The van der Waals surface area contributed by atoms with Crippen LogP contribution in [0.1, 0.15) is 23.6 Å². The number of methoxy groups -OCH3 is 1. The van der Waals surface area contributed by atoms with Gasteiger partial charge in [0.05, 0.1) is 25.9 Å². The number of amides is 1. The highest BCUT2D eigenvalue weighted by molar-refractivity contribution is 5.78. The van der Waals surface area contributed by atoms with Gasteiger partial charge in [-0.25, -0.2) is 0 Å². The summed E-state index contributed by atoms with van der Waals surface area (Å²) in [5.74, 6) is 0.631. The van der Waals surface area contributed by atoms with Gasteiger partial charge >= 0.3 is 0 Å². The number of carbonyl (C=O) groups excluding carboxylic acids is 1. The van der Waals surface area contributed by atoms with Crippen molar-refractivity contribution in [3.8, 4) is 5.75 Å². The summed E-state index contributed by atoms with van der Waals surface area (Å²) in [6.45, 7) is 0.726. The molecule has 5 nitrogen and oxygen atoms in total. The van der Waals surface area contributed by atoms with Crippen molar-refractivity contribution in [2.45, 2.75) is 25.2 Å². The molecule has 0 aromatic heterocycles. The third kappa shape index (κ3) is 4.38. The van der Waals surface area contributed by atoms with Crippen LogP contribution in [0.25, 0.3) is 0 Å². The Bertz CT molecular complexity index is 704. The lowest BCUT2D eigenvalue weighted by molar-refractivity contribution is -0.137. The quantitative estimate of drug-likeness (QED) is 0.877. The van der Waals surface area contributed by atoms with Gasteiger partial charge in [-0.1, -0.05) is 42.5 Å². The molecule has 1 amide bonds. The van der Waals surface area contributed by atoms with Gasteiger partial charge in [-0.05, 0) is 29.7 Å². The van der Waals surface area contributed by atoms with Gasteiger partial charge in [-0.2, -0.15) is 0 Å². The summed E-state index contributed by atoms with van der Waals surface area (Å²) in [4.78, 5) is 14.3. The van der Waals surface area contributed by atoms with Crippen LogP contribution in [-0.4, -0.2) is 42.3 Å². The normalized spacial score (nSPS) is 19.8. The molecular formula is C20H23NO4. The van der Waals surface area contributed by atoms with Gasteiger partial charge in [0.2, 0.25) is 5.91 Å². The topological polar surface area (TPSA) is 59.0 Å². The molecule has 1 fully saturated rings. The zero-order valence-corrected chi connectivity index (χ0v) is 14.3. The molecule has 0 radical (unpaired) electrons. The summed E-state index contributed by atoms with van der Waals surface area (Å²) in [5.41, 5.74) is 1.99. The van der Waals surface area contributed by atoms with Crippen LogP contribution < -0.4 is 4.74 Å². The molecule has 1 saturated heterocycles. The fourth-order valence-corrected chi connectivity index (χ4v) is 3.17. The molecule has 2 aromatic rings. The van der Waals surface area contributed by atoms with Crippen LogP contribution in [0.3, 0.4) is 0 Å². The van der Waals surface area contributed by atoms with E-state index in [4.69, 9.17) is 9.47 Å². The molecule has 1 heterocycles. The minimum atomic E-state index is -0.519. The van der Waals surface area contributed by atoms with Crippen LogP contribution in [0, 0.1) is 0 Å². The first-order chi connectivity index (χ1) is 12.2. The first-order valence-electron chi connectivity index (χ1n) is 8.40. The van der Waals surface area contributed by atoms with Crippen molar-refractivity contribution in [2.24, 2.45) is 0 Å². The monoisotopic (exact) mass is 341 g/mol. The van der Waals surface area contributed by atoms with E-state index in [1.807, 2.05) is 54.6 Å². The Morgan fingerprint density at radius 3 is 2.76 bits per heavy atom. The number of benzene rings is 2. The van der Waals surface area contributed by atoms with Crippen LogP contribution in [0.15, 0.2) is 54.6 Å². The summed E-state index contributed by atoms with van der Waals surface area (Å²) in [7, 11) is 1.61. The second-order valence-corrected chi connectivity index (χ2v) is 6.21. The van der Waals surface area contributed by atoms with Crippen molar-refractivity contribution in [2.75, 3.05) is 20.3 Å². The summed E-state index contributed by atoms with van der Waals surface area (Å²) < 4.78 is 10.8. The molecule has 3 rings (SSSR count). The number of aliphatic hydroxyl groups excluding tert-OH is 1. The summed E-state index contributed by atoms with van der Waals surface area (Å²) in [6.07, 6.45) is 0.00620. The number of β-amino-alcohol motifs (C(OH)–C–C–N with tert-alkyl or cyclic N) is 1. The van der Waals surface area contributed by atoms with E-state index in [1.54, 1.807) is 12.0 Å². The minimum absolute atomic E-state index is 0.00207. The second kappa shape index (κ2) is 8.14. The molecule has 1 N–H and O–H groups in total. The molecule has 0 aliphatic carbocycles. The summed E-state index contributed by atoms with van der Waals surface area (Å²) >= 11 is 0. The van der Waals surface area contributed by atoms with E-state index in [0.29, 0.717) is 19.6 Å². The van der Waals surface area contributed by atoms with E-state index < -0.39 is 6.10 Å². The number of hydrogen-bond acceptors (Lipinski definition) is 4. The third-order valence-corrected chi connectivity index (χ3v) is 4.42. The van der Waals surface area contributed by atoms with Crippen molar-refractivity contribution in [3.63, 3.8) is 0 Å². The van der Waals surface area contributed by atoms with Gasteiger partial charge in [0.25, 0.3) is 0 Å². The van der Waals surface area contributed by atoms with E-state index in [9.17, 15) is 9.90 Å². The summed E-state index contributed by atoms with van der Waals surface area (Å²) in [6, 6.07) is 17.2. The van der Waals surface area contributed by atoms with E-state index in [-0.39, 0.29) is 18.6 Å². The smallest absolute Gasteiger partial charge is 0.249 e. The first kappa shape index (κ1) is 17.5. The number of hydrogen-bond donors (Lipinski definition) is 1. The van der Waals surface area contributed by atoms with Crippen LogP contribution in [-0.2, 0) is 16.1 Å². The average Bonchev–Trinajstić information content (AvgIpc) is 3.04. The lowest BCUT2D eigenvalue weighted by Crippen LogP contribution is -2.34. The highest BCUT2D eigenvalue weighted by Gasteiger charge is 2.35. The molecule has 132 valence electrons. The lowest BCUT2D eigenvalue weighted by atomic mass is 10.0. The molecule has 0 unspecified atom stereocenters. The van der Waals surface area contributed by atoms with Crippen LogP contribution in [0.5, 0.6) is 5.75 Å². The molecule has 0 saturated carbocycles. The fourth-order valence-electron chi connectivity index (χ4n) is 3.17. The second-order valence-electron chi connectivity index (χ2n) is 6.21. The Hall–Kier alpha value is -2.37. The van der Waals surface area contributed by atoms with Crippen molar-refractivity contribution < 1.29 is 19.4 Å².